The van der Waals surface area contributed by atoms with Gasteiger partial charge in [-0.05, 0) is 44.7 Å². The van der Waals surface area contributed by atoms with E-state index in [0.717, 1.165) is 20.1 Å². The standard InChI is InChI=1S/C12H9Br2F3S/c13-9(4-5-12(15,16)17)8-6-18-11-7(8)2-1-3-10(11)14/h1-3,6,9H,4-5H2. The number of benzene rings is 1. The Morgan fingerprint density at radius 3 is 2.67 bits per heavy atom. The third kappa shape index (κ3) is 3.27. The predicted octanol–water partition coefficient (Wildman–Crippen LogP) is 6.44. The van der Waals surface area contributed by atoms with Crippen LogP contribution in [0.3, 0.4) is 0 Å². The molecule has 1 heterocycles. The molecule has 0 saturated heterocycles. The Labute approximate surface area is 123 Å². The van der Waals surface area contributed by atoms with Crippen LogP contribution < -0.4 is 0 Å². The Morgan fingerprint density at radius 2 is 2.00 bits per heavy atom. The minimum Gasteiger partial charge on any atom is -0.171 e. The molecule has 0 aliphatic rings. The van der Waals surface area contributed by atoms with Gasteiger partial charge in [-0.15, -0.1) is 11.3 Å². The molecule has 0 aliphatic heterocycles. The van der Waals surface area contributed by atoms with Gasteiger partial charge in [-0.3, -0.25) is 0 Å². The van der Waals surface area contributed by atoms with Crippen LogP contribution in [0.4, 0.5) is 13.2 Å². The molecule has 0 amide bonds. The number of rotatable bonds is 3. The van der Waals surface area contributed by atoms with Gasteiger partial charge in [0.2, 0.25) is 0 Å². The fourth-order valence-electron chi connectivity index (χ4n) is 1.73. The molecule has 0 bridgehead atoms. The van der Waals surface area contributed by atoms with Gasteiger partial charge < -0.3 is 0 Å². The normalized spacial score (nSPS) is 14.1. The smallest absolute Gasteiger partial charge is 0.171 e. The summed E-state index contributed by atoms with van der Waals surface area (Å²) in [5.74, 6) is 0. The summed E-state index contributed by atoms with van der Waals surface area (Å²) >= 11 is 8.34. The second-order valence-corrected chi connectivity index (χ2v) is 6.77. The molecule has 1 aromatic heterocycles. The fourth-order valence-corrected chi connectivity index (χ4v) is 4.19. The average Bonchev–Trinajstić information content (AvgIpc) is 2.70. The lowest BCUT2D eigenvalue weighted by Gasteiger charge is -2.11. The Hall–Kier alpha value is -0.0700. The van der Waals surface area contributed by atoms with Crippen LogP contribution in [-0.2, 0) is 0 Å². The first-order valence-corrected chi connectivity index (χ1v) is 7.84. The molecule has 18 heavy (non-hydrogen) atoms. The van der Waals surface area contributed by atoms with Crippen molar-refractivity contribution in [2.45, 2.75) is 23.8 Å². The molecule has 1 atom stereocenters. The highest BCUT2D eigenvalue weighted by molar-refractivity contribution is 9.10. The number of fused-ring (bicyclic) bond motifs is 1. The summed E-state index contributed by atoms with van der Waals surface area (Å²) in [4.78, 5) is -0.262. The molecule has 0 fully saturated rings. The van der Waals surface area contributed by atoms with E-state index in [1.807, 2.05) is 23.6 Å². The molecular formula is C12H9Br2F3S. The number of halogens is 5. The summed E-state index contributed by atoms with van der Waals surface area (Å²) in [6.45, 7) is 0. The van der Waals surface area contributed by atoms with E-state index in [0.29, 0.717) is 0 Å². The quantitative estimate of drug-likeness (QED) is 0.519. The fraction of sp³-hybridized carbons (Fsp3) is 0.333. The third-order valence-corrected chi connectivity index (χ3v) is 5.52. The zero-order valence-corrected chi connectivity index (χ0v) is 13.1. The van der Waals surface area contributed by atoms with Gasteiger partial charge in [0.1, 0.15) is 0 Å². The van der Waals surface area contributed by atoms with Crippen LogP contribution >= 0.6 is 43.2 Å². The van der Waals surface area contributed by atoms with E-state index in [-0.39, 0.29) is 11.2 Å². The van der Waals surface area contributed by atoms with Crippen molar-refractivity contribution in [3.63, 3.8) is 0 Å². The molecule has 6 heteroatoms. The second-order valence-electron chi connectivity index (χ2n) is 3.93. The maximum absolute atomic E-state index is 12.2. The summed E-state index contributed by atoms with van der Waals surface area (Å²) in [5, 5.41) is 2.93. The first kappa shape index (κ1) is 14.3. The predicted molar refractivity (Wildman–Crippen MR) is 76.5 cm³/mol. The van der Waals surface area contributed by atoms with Gasteiger partial charge in [-0.2, -0.15) is 13.2 Å². The molecule has 0 nitrogen and oxygen atoms in total. The number of hydrogen-bond acceptors (Lipinski definition) is 1. The molecule has 0 N–H and O–H groups in total. The molecule has 1 aromatic carbocycles. The number of alkyl halides is 4. The molecule has 0 spiro atoms. The summed E-state index contributed by atoms with van der Waals surface area (Å²) in [6.07, 6.45) is -4.81. The lowest BCUT2D eigenvalue weighted by atomic mass is 10.1. The van der Waals surface area contributed by atoms with Crippen molar-refractivity contribution >= 4 is 53.3 Å². The lowest BCUT2D eigenvalue weighted by Crippen LogP contribution is -2.07. The highest BCUT2D eigenvalue weighted by atomic mass is 79.9. The molecule has 2 rings (SSSR count). The van der Waals surface area contributed by atoms with Crippen LogP contribution in [0.1, 0.15) is 23.2 Å². The van der Waals surface area contributed by atoms with E-state index in [1.165, 1.54) is 0 Å². The topological polar surface area (TPSA) is 0 Å². The maximum Gasteiger partial charge on any atom is 0.389 e. The van der Waals surface area contributed by atoms with Crippen LogP contribution in [-0.4, -0.2) is 6.18 Å². The van der Waals surface area contributed by atoms with E-state index in [2.05, 4.69) is 31.9 Å². The molecule has 2 aromatic rings. The zero-order valence-electron chi connectivity index (χ0n) is 9.10. The summed E-state index contributed by atoms with van der Waals surface area (Å²) in [6, 6.07) is 5.77. The maximum atomic E-state index is 12.2. The van der Waals surface area contributed by atoms with E-state index in [9.17, 15) is 13.2 Å². The molecule has 98 valence electrons. The SMILES string of the molecule is FC(F)(F)CCC(Br)c1csc2c(Br)cccc12. The van der Waals surface area contributed by atoms with Crippen LogP contribution in [0.15, 0.2) is 28.1 Å². The second kappa shape index (κ2) is 5.51. The van der Waals surface area contributed by atoms with Gasteiger partial charge >= 0.3 is 6.18 Å². The van der Waals surface area contributed by atoms with E-state index >= 15 is 0 Å². The van der Waals surface area contributed by atoms with Crippen molar-refractivity contribution in [3.05, 3.63) is 33.6 Å². The Morgan fingerprint density at radius 1 is 1.28 bits per heavy atom. The zero-order chi connectivity index (χ0) is 13.3. The van der Waals surface area contributed by atoms with Gasteiger partial charge in [0, 0.05) is 20.4 Å². The molecule has 1 unspecified atom stereocenters. The first-order chi connectivity index (χ1) is 8.38. The van der Waals surface area contributed by atoms with E-state index in [1.54, 1.807) is 11.3 Å². The van der Waals surface area contributed by atoms with Crippen LogP contribution in [0.25, 0.3) is 10.1 Å². The Bertz CT molecular complexity index is 548. The van der Waals surface area contributed by atoms with Gasteiger partial charge in [-0.25, -0.2) is 0 Å². The third-order valence-electron chi connectivity index (χ3n) is 2.60. The monoisotopic (exact) mass is 400 g/mol. The van der Waals surface area contributed by atoms with Crippen molar-refractivity contribution in [1.29, 1.82) is 0 Å². The highest BCUT2D eigenvalue weighted by Gasteiger charge is 2.28. The highest BCUT2D eigenvalue weighted by Crippen LogP contribution is 2.41. The molecule has 0 saturated carbocycles. The molecular weight excluding hydrogens is 393 g/mol. The van der Waals surface area contributed by atoms with Gasteiger partial charge in [0.25, 0.3) is 0 Å². The van der Waals surface area contributed by atoms with Crippen molar-refractivity contribution < 1.29 is 13.2 Å². The van der Waals surface area contributed by atoms with E-state index in [4.69, 9.17) is 0 Å². The van der Waals surface area contributed by atoms with Gasteiger partial charge in [-0.1, -0.05) is 28.1 Å². The average molecular weight is 402 g/mol. The minimum absolute atomic E-state index is 0.0574. The summed E-state index contributed by atoms with van der Waals surface area (Å²) in [7, 11) is 0. The van der Waals surface area contributed by atoms with Crippen molar-refractivity contribution in [2.75, 3.05) is 0 Å². The molecule has 0 aliphatic carbocycles. The summed E-state index contributed by atoms with van der Waals surface area (Å²) < 4.78 is 38.7. The lowest BCUT2D eigenvalue weighted by molar-refractivity contribution is -0.135. The minimum atomic E-state index is -4.10. The first-order valence-electron chi connectivity index (χ1n) is 5.25. The van der Waals surface area contributed by atoms with Crippen molar-refractivity contribution in [3.8, 4) is 0 Å². The summed E-state index contributed by atoms with van der Waals surface area (Å²) in [5.41, 5.74) is 0.931. The number of thiophene rings is 1. The largest absolute Gasteiger partial charge is 0.389 e. The van der Waals surface area contributed by atoms with Crippen LogP contribution in [0.5, 0.6) is 0 Å². The van der Waals surface area contributed by atoms with Crippen LogP contribution in [0.2, 0.25) is 0 Å². The van der Waals surface area contributed by atoms with Gasteiger partial charge in [0.05, 0.1) is 0 Å². The molecule has 0 radical (unpaired) electrons. The van der Waals surface area contributed by atoms with E-state index < -0.39 is 12.6 Å². The Kier molecular flexibility index (Phi) is 4.39. The van der Waals surface area contributed by atoms with Crippen molar-refractivity contribution in [2.24, 2.45) is 0 Å². The van der Waals surface area contributed by atoms with Crippen LogP contribution in [0, 0.1) is 0 Å². The van der Waals surface area contributed by atoms with Crippen molar-refractivity contribution in [1.82, 2.24) is 0 Å². The number of hydrogen-bond donors (Lipinski definition) is 0. The Balaban J connectivity index is 2.23. The van der Waals surface area contributed by atoms with Gasteiger partial charge in [0.15, 0.2) is 0 Å².